The Morgan fingerprint density at radius 2 is 1.75 bits per heavy atom. The van der Waals surface area contributed by atoms with Crippen LogP contribution in [0.2, 0.25) is 0 Å². The van der Waals surface area contributed by atoms with Crippen molar-refractivity contribution < 1.29 is 4.74 Å². The van der Waals surface area contributed by atoms with Crippen molar-refractivity contribution in [3.63, 3.8) is 0 Å². The molecule has 0 spiro atoms. The third-order valence-corrected chi connectivity index (χ3v) is 3.44. The molecule has 0 fully saturated rings. The first-order valence-corrected chi connectivity index (χ1v) is 7.16. The number of rotatable bonds is 6. The van der Waals surface area contributed by atoms with Gasteiger partial charge >= 0.3 is 0 Å². The quantitative estimate of drug-likeness (QED) is 0.857. The molecule has 1 atom stereocenters. The monoisotopic (exact) mass is 270 g/mol. The van der Waals surface area contributed by atoms with E-state index < -0.39 is 0 Å². The van der Waals surface area contributed by atoms with E-state index >= 15 is 0 Å². The zero-order valence-electron chi connectivity index (χ0n) is 12.4. The molecule has 0 bridgehead atoms. The minimum atomic E-state index is 0.299. The smallest absolute Gasteiger partial charge is 0.145 e. The summed E-state index contributed by atoms with van der Waals surface area (Å²) in [6.07, 6.45) is 3.84. The summed E-state index contributed by atoms with van der Waals surface area (Å²) >= 11 is 0. The number of aromatic nitrogens is 1. The fourth-order valence-corrected chi connectivity index (χ4v) is 2.15. The molecule has 2 rings (SSSR count). The molecule has 106 valence electrons. The van der Waals surface area contributed by atoms with Gasteiger partial charge in [-0.15, -0.1) is 0 Å². The van der Waals surface area contributed by atoms with Gasteiger partial charge in [-0.25, -0.2) is 0 Å². The summed E-state index contributed by atoms with van der Waals surface area (Å²) in [4.78, 5) is 4.46. The number of nitrogens with one attached hydrogen (secondary N) is 1. The zero-order chi connectivity index (χ0) is 14.4. The third-order valence-electron chi connectivity index (χ3n) is 3.44. The van der Waals surface area contributed by atoms with Crippen molar-refractivity contribution in [2.75, 3.05) is 7.05 Å². The summed E-state index contributed by atoms with van der Waals surface area (Å²) in [6, 6.07) is 12.4. The van der Waals surface area contributed by atoms with Gasteiger partial charge in [0.2, 0.25) is 0 Å². The Hall–Kier alpha value is -1.87. The molecule has 1 unspecified atom stereocenters. The van der Waals surface area contributed by atoms with Gasteiger partial charge in [0.25, 0.3) is 0 Å². The number of hydrogen-bond acceptors (Lipinski definition) is 3. The molecule has 0 aliphatic rings. The number of benzene rings is 1. The van der Waals surface area contributed by atoms with E-state index in [1.54, 1.807) is 6.20 Å². The van der Waals surface area contributed by atoms with E-state index in [0.29, 0.717) is 6.04 Å². The average Bonchev–Trinajstić information content (AvgIpc) is 2.51. The second kappa shape index (κ2) is 7.06. The molecule has 0 aliphatic carbocycles. The highest BCUT2D eigenvalue weighted by molar-refractivity contribution is 5.32. The van der Waals surface area contributed by atoms with Crippen molar-refractivity contribution in [3.8, 4) is 11.5 Å². The molecule has 20 heavy (non-hydrogen) atoms. The molecule has 0 saturated heterocycles. The Kier molecular flexibility index (Phi) is 5.13. The van der Waals surface area contributed by atoms with E-state index in [0.717, 1.165) is 30.0 Å². The van der Waals surface area contributed by atoms with Gasteiger partial charge in [-0.1, -0.05) is 26.0 Å². The van der Waals surface area contributed by atoms with Crippen LogP contribution in [0.4, 0.5) is 0 Å². The molecule has 1 N–H and O–H groups in total. The number of pyridine rings is 1. The first-order chi connectivity index (χ1) is 9.76. The molecule has 0 radical (unpaired) electrons. The first-order valence-electron chi connectivity index (χ1n) is 7.16. The minimum absolute atomic E-state index is 0.299. The van der Waals surface area contributed by atoms with Crippen molar-refractivity contribution in [3.05, 3.63) is 53.9 Å². The maximum absolute atomic E-state index is 5.80. The van der Waals surface area contributed by atoms with Gasteiger partial charge in [-0.2, -0.15) is 0 Å². The van der Waals surface area contributed by atoms with E-state index in [1.807, 2.05) is 31.3 Å². The van der Waals surface area contributed by atoms with Crippen LogP contribution in [-0.4, -0.2) is 12.0 Å². The van der Waals surface area contributed by atoms with Gasteiger partial charge in [-0.3, -0.25) is 4.98 Å². The summed E-state index contributed by atoms with van der Waals surface area (Å²) in [6.45, 7) is 4.28. The summed E-state index contributed by atoms with van der Waals surface area (Å²) in [5.74, 6) is 1.61. The van der Waals surface area contributed by atoms with Crippen molar-refractivity contribution in [1.29, 1.82) is 0 Å². The number of nitrogens with zero attached hydrogens (tertiary/aromatic N) is 1. The average molecular weight is 270 g/mol. The number of hydrogen-bond donors (Lipinski definition) is 1. The van der Waals surface area contributed by atoms with Gasteiger partial charge in [0, 0.05) is 6.04 Å². The van der Waals surface area contributed by atoms with Crippen LogP contribution in [0, 0.1) is 0 Å². The molecule has 1 heterocycles. The normalized spacial score (nSPS) is 12.2. The van der Waals surface area contributed by atoms with Crippen LogP contribution in [0.15, 0.2) is 42.6 Å². The van der Waals surface area contributed by atoms with Crippen molar-refractivity contribution in [2.45, 2.75) is 32.7 Å². The maximum atomic E-state index is 5.80. The lowest BCUT2D eigenvalue weighted by Gasteiger charge is -2.13. The Labute approximate surface area is 121 Å². The summed E-state index contributed by atoms with van der Waals surface area (Å²) in [5.41, 5.74) is 2.36. The molecule has 0 amide bonds. The molecule has 0 saturated carbocycles. The second-order valence-electron chi connectivity index (χ2n) is 4.77. The predicted octanol–water partition coefficient (Wildman–Crippen LogP) is 4.11. The van der Waals surface area contributed by atoms with Crippen LogP contribution in [-0.2, 0) is 6.42 Å². The highest BCUT2D eigenvalue weighted by Crippen LogP contribution is 2.23. The Morgan fingerprint density at radius 1 is 1.05 bits per heavy atom. The highest BCUT2D eigenvalue weighted by Gasteiger charge is 2.08. The lowest BCUT2D eigenvalue weighted by molar-refractivity contribution is 0.477. The van der Waals surface area contributed by atoms with Gasteiger partial charge < -0.3 is 10.1 Å². The van der Waals surface area contributed by atoms with Crippen LogP contribution in [0.3, 0.4) is 0 Å². The van der Waals surface area contributed by atoms with Crippen LogP contribution in [0.25, 0.3) is 0 Å². The predicted molar refractivity (Wildman–Crippen MR) is 82.2 cm³/mol. The van der Waals surface area contributed by atoms with Crippen LogP contribution >= 0.6 is 0 Å². The van der Waals surface area contributed by atoms with Crippen LogP contribution < -0.4 is 10.1 Å². The van der Waals surface area contributed by atoms with E-state index in [9.17, 15) is 0 Å². The zero-order valence-corrected chi connectivity index (χ0v) is 12.4. The molecule has 3 heteroatoms. The summed E-state index contributed by atoms with van der Waals surface area (Å²) in [7, 11) is 1.95. The Morgan fingerprint density at radius 3 is 2.25 bits per heavy atom. The summed E-state index contributed by atoms with van der Waals surface area (Å²) < 4.78 is 5.80. The first kappa shape index (κ1) is 14.5. The van der Waals surface area contributed by atoms with Crippen LogP contribution in [0.5, 0.6) is 11.5 Å². The molecule has 0 aliphatic heterocycles. The van der Waals surface area contributed by atoms with E-state index in [4.69, 9.17) is 4.74 Å². The highest BCUT2D eigenvalue weighted by atomic mass is 16.5. The molecule has 3 nitrogen and oxygen atoms in total. The molecule has 1 aromatic heterocycles. The maximum Gasteiger partial charge on any atom is 0.145 e. The topological polar surface area (TPSA) is 34.1 Å². The van der Waals surface area contributed by atoms with E-state index in [-0.39, 0.29) is 0 Å². The lowest BCUT2D eigenvalue weighted by Crippen LogP contribution is -2.16. The second-order valence-corrected chi connectivity index (χ2v) is 4.77. The molecule has 2 aromatic rings. The number of ether oxygens (including phenoxy) is 1. The van der Waals surface area contributed by atoms with Gasteiger partial charge in [0.05, 0.1) is 11.9 Å². The van der Waals surface area contributed by atoms with Gasteiger partial charge in [-0.05, 0) is 49.7 Å². The van der Waals surface area contributed by atoms with Crippen molar-refractivity contribution in [1.82, 2.24) is 10.3 Å². The van der Waals surface area contributed by atoms with Crippen LogP contribution in [0.1, 0.15) is 37.6 Å². The molecule has 1 aromatic carbocycles. The largest absolute Gasteiger partial charge is 0.456 e. The van der Waals surface area contributed by atoms with Gasteiger partial charge in [0.1, 0.15) is 11.5 Å². The third kappa shape index (κ3) is 3.58. The Bertz CT molecular complexity index is 516. The SMILES string of the molecule is CCc1ccc(Oc2ccc(C(CC)NC)nc2)cc1. The van der Waals surface area contributed by atoms with Crippen molar-refractivity contribution >= 4 is 0 Å². The van der Waals surface area contributed by atoms with E-state index in [2.05, 4.69) is 36.3 Å². The lowest BCUT2D eigenvalue weighted by atomic mass is 10.1. The Balaban J connectivity index is 2.06. The summed E-state index contributed by atoms with van der Waals surface area (Å²) in [5, 5.41) is 3.25. The van der Waals surface area contributed by atoms with Gasteiger partial charge in [0.15, 0.2) is 0 Å². The standard InChI is InChI=1S/C17H22N2O/c1-4-13-6-8-14(9-7-13)20-15-10-11-17(19-12-15)16(5-2)18-3/h6-12,16,18H,4-5H2,1-3H3. The van der Waals surface area contributed by atoms with Crippen molar-refractivity contribution in [2.24, 2.45) is 0 Å². The molecular weight excluding hydrogens is 248 g/mol. The number of aryl methyl sites for hydroxylation is 1. The fourth-order valence-electron chi connectivity index (χ4n) is 2.15. The molecular formula is C17H22N2O. The minimum Gasteiger partial charge on any atom is -0.456 e. The fraction of sp³-hybridized carbons (Fsp3) is 0.353. The van der Waals surface area contributed by atoms with E-state index in [1.165, 1.54) is 5.56 Å².